The van der Waals surface area contributed by atoms with Crippen molar-refractivity contribution in [2.24, 2.45) is 0 Å². The average molecular weight is 448 g/mol. The van der Waals surface area contributed by atoms with Gasteiger partial charge in [-0.05, 0) is 37.3 Å². The van der Waals surface area contributed by atoms with Gasteiger partial charge in [0.25, 0.3) is 0 Å². The van der Waals surface area contributed by atoms with Gasteiger partial charge in [0.05, 0.1) is 11.8 Å². The van der Waals surface area contributed by atoms with E-state index in [1.54, 1.807) is 19.1 Å². The Labute approximate surface area is 186 Å². The summed E-state index contributed by atoms with van der Waals surface area (Å²) in [5.74, 6) is -1.22. The molecule has 31 heavy (non-hydrogen) atoms. The van der Waals surface area contributed by atoms with Crippen LogP contribution in [-0.2, 0) is 25.6 Å². The molecule has 1 aliphatic rings. The van der Waals surface area contributed by atoms with E-state index < -0.39 is 17.9 Å². The van der Waals surface area contributed by atoms with Gasteiger partial charge in [0.1, 0.15) is 11.9 Å². The van der Waals surface area contributed by atoms with E-state index in [2.05, 4.69) is 16.0 Å². The Morgan fingerprint density at radius 3 is 2.48 bits per heavy atom. The highest BCUT2D eigenvalue weighted by Crippen LogP contribution is 2.23. The summed E-state index contributed by atoms with van der Waals surface area (Å²) in [6.45, 7) is 3.43. The molecule has 2 atom stereocenters. The van der Waals surface area contributed by atoms with Crippen LogP contribution in [0.3, 0.4) is 0 Å². The molecule has 0 aliphatic carbocycles. The van der Waals surface area contributed by atoms with Gasteiger partial charge in [-0.1, -0.05) is 19.1 Å². The van der Waals surface area contributed by atoms with Crippen LogP contribution in [0.15, 0.2) is 24.3 Å². The first kappa shape index (κ1) is 24.4. The van der Waals surface area contributed by atoms with Crippen LogP contribution in [0, 0.1) is 5.41 Å². The van der Waals surface area contributed by atoms with Crippen molar-refractivity contribution in [3.8, 4) is 0 Å². The van der Waals surface area contributed by atoms with E-state index in [0.717, 1.165) is 12.0 Å². The Bertz CT molecular complexity index is 843. The molecule has 1 saturated heterocycles. The molecule has 1 fully saturated rings. The van der Waals surface area contributed by atoms with Crippen LogP contribution >= 0.6 is 11.8 Å². The molecule has 9 nitrogen and oxygen atoms in total. The van der Waals surface area contributed by atoms with Crippen molar-refractivity contribution in [3.63, 3.8) is 0 Å². The number of thioether (sulfide) groups is 1. The summed E-state index contributed by atoms with van der Waals surface area (Å²) in [6, 6.07) is 6.68. The second kappa shape index (κ2) is 11.5. The summed E-state index contributed by atoms with van der Waals surface area (Å²) in [7, 11) is 0. The van der Waals surface area contributed by atoms with Crippen molar-refractivity contribution in [2.75, 3.05) is 24.7 Å². The lowest BCUT2D eigenvalue weighted by atomic mass is 10.1. The fourth-order valence-corrected chi connectivity index (χ4v) is 3.68. The predicted octanol–water partition coefficient (Wildman–Crippen LogP) is 1.14. The summed E-state index contributed by atoms with van der Waals surface area (Å²) >= 11 is 1.39. The standard InChI is InChI=1S/C21H29N5O4S/c1-4-14-5-7-15(8-6-14)25-20(29)13(2)24-19(28)12-23-18(27)9-10-26-17(22)11-16(31-3)21(26)30/h5-8,13,16,22H,4,9-12H2,1-3H3,(H,23,27)(H,24,28)(H,25,29). The van der Waals surface area contributed by atoms with Crippen LogP contribution in [0.25, 0.3) is 0 Å². The van der Waals surface area contributed by atoms with Gasteiger partial charge in [0, 0.05) is 25.1 Å². The number of rotatable bonds is 10. The monoisotopic (exact) mass is 447 g/mol. The molecule has 0 spiro atoms. The largest absolute Gasteiger partial charge is 0.347 e. The van der Waals surface area contributed by atoms with Crippen molar-refractivity contribution in [2.45, 2.75) is 44.4 Å². The van der Waals surface area contributed by atoms with Gasteiger partial charge in [-0.3, -0.25) is 29.5 Å². The first-order valence-electron chi connectivity index (χ1n) is 10.1. The van der Waals surface area contributed by atoms with E-state index >= 15 is 0 Å². The summed E-state index contributed by atoms with van der Waals surface area (Å²) in [5.41, 5.74) is 1.80. The zero-order chi connectivity index (χ0) is 23.0. The maximum atomic E-state index is 12.2. The molecule has 1 aromatic rings. The second-order valence-corrected chi connectivity index (χ2v) is 8.26. The van der Waals surface area contributed by atoms with Crippen molar-refractivity contribution in [3.05, 3.63) is 29.8 Å². The fourth-order valence-electron chi connectivity index (χ4n) is 3.02. The number of carbonyl (C=O) groups is 4. The van der Waals surface area contributed by atoms with Crippen LogP contribution in [0.1, 0.15) is 32.3 Å². The number of amidine groups is 1. The quantitative estimate of drug-likeness (QED) is 0.427. The summed E-state index contributed by atoms with van der Waals surface area (Å²) in [6.07, 6.45) is 3.08. The van der Waals surface area contributed by atoms with Crippen LogP contribution in [0.5, 0.6) is 0 Å². The van der Waals surface area contributed by atoms with Crippen molar-refractivity contribution in [1.29, 1.82) is 5.41 Å². The highest BCUT2D eigenvalue weighted by atomic mass is 32.2. The number of hydrogen-bond acceptors (Lipinski definition) is 6. The molecular weight excluding hydrogens is 418 g/mol. The minimum absolute atomic E-state index is 0.00764. The van der Waals surface area contributed by atoms with Crippen molar-refractivity contribution in [1.82, 2.24) is 15.5 Å². The normalized spacial score (nSPS) is 16.7. The third-order valence-corrected chi connectivity index (χ3v) is 5.88. The lowest BCUT2D eigenvalue weighted by molar-refractivity contribution is -0.128. The molecule has 4 N–H and O–H groups in total. The van der Waals surface area contributed by atoms with Crippen LogP contribution in [-0.4, -0.2) is 65.0 Å². The van der Waals surface area contributed by atoms with Gasteiger partial charge in [-0.25, -0.2) is 0 Å². The number of nitrogens with zero attached hydrogens (tertiary/aromatic N) is 1. The van der Waals surface area contributed by atoms with Crippen LogP contribution in [0.2, 0.25) is 0 Å². The number of benzene rings is 1. The van der Waals surface area contributed by atoms with Gasteiger partial charge < -0.3 is 16.0 Å². The highest BCUT2D eigenvalue weighted by Gasteiger charge is 2.35. The summed E-state index contributed by atoms with van der Waals surface area (Å²) < 4.78 is 0. The first-order valence-corrected chi connectivity index (χ1v) is 11.4. The molecule has 1 heterocycles. The Morgan fingerprint density at radius 2 is 1.90 bits per heavy atom. The Kier molecular flexibility index (Phi) is 9.04. The third-order valence-electron chi connectivity index (χ3n) is 4.94. The number of carbonyl (C=O) groups excluding carboxylic acids is 4. The topological polar surface area (TPSA) is 131 Å². The first-order chi connectivity index (χ1) is 14.7. The molecule has 0 aromatic heterocycles. The van der Waals surface area contributed by atoms with Crippen LogP contribution < -0.4 is 16.0 Å². The summed E-state index contributed by atoms with van der Waals surface area (Å²) in [5, 5.41) is 15.3. The Balaban J connectivity index is 1.70. The Hall–Kier alpha value is -2.88. The van der Waals surface area contributed by atoms with Crippen molar-refractivity contribution >= 4 is 46.9 Å². The number of amides is 4. The fraction of sp³-hybridized carbons (Fsp3) is 0.476. The second-order valence-electron chi connectivity index (χ2n) is 7.22. The molecule has 0 saturated carbocycles. The molecule has 1 aliphatic heterocycles. The molecule has 2 rings (SSSR count). The Morgan fingerprint density at radius 1 is 1.23 bits per heavy atom. The minimum Gasteiger partial charge on any atom is -0.347 e. The third kappa shape index (κ3) is 7.09. The maximum absolute atomic E-state index is 12.2. The van der Waals surface area contributed by atoms with E-state index in [4.69, 9.17) is 5.41 Å². The van der Waals surface area contributed by atoms with Crippen LogP contribution in [0.4, 0.5) is 5.69 Å². The van der Waals surface area contributed by atoms with Gasteiger partial charge >= 0.3 is 0 Å². The predicted molar refractivity (Wildman–Crippen MR) is 121 cm³/mol. The van der Waals surface area contributed by atoms with E-state index in [9.17, 15) is 19.2 Å². The molecule has 168 valence electrons. The van der Waals surface area contributed by atoms with Crippen molar-refractivity contribution < 1.29 is 19.2 Å². The number of aryl methyl sites for hydroxylation is 1. The smallest absolute Gasteiger partial charge is 0.246 e. The molecule has 2 unspecified atom stereocenters. The highest BCUT2D eigenvalue weighted by molar-refractivity contribution is 8.00. The molecule has 1 aromatic carbocycles. The SMILES string of the molecule is CCc1ccc(NC(=O)C(C)NC(=O)CNC(=O)CCN2C(=N)CC(SC)C2=O)cc1. The number of anilines is 1. The minimum atomic E-state index is -0.776. The van der Waals surface area contributed by atoms with Gasteiger partial charge in [0.2, 0.25) is 23.6 Å². The molecule has 4 amide bonds. The summed E-state index contributed by atoms with van der Waals surface area (Å²) in [4.78, 5) is 49.7. The molecule has 0 radical (unpaired) electrons. The lowest BCUT2D eigenvalue weighted by Crippen LogP contribution is -2.46. The van der Waals surface area contributed by atoms with E-state index in [1.807, 2.05) is 25.3 Å². The molecular formula is C21H29N5O4S. The van der Waals surface area contributed by atoms with Gasteiger partial charge in [-0.2, -0.15) is 11.8 Å². The lowest BCUT2D eigenvalue weighted by Gasteiger charge is -2.16. The maximum Gasteiger partial charge on any atom is 0.246 e. The zero-order valence-electron chi connectivity index (χ0n) is 18.0. The zero-order valence-corrected chi connectivity index (χ0v) is 18.8. The van der Waals surface area contributed by atoms with Gasteiger partial charge in [-0.15, -0.1) is 0 Å². The van der Waals surface area contributed by atoms with E-state index in [-0.39, 0.29) is 42.4 Å². The van der Waals surface area contributed by atoms with E-state index in [0.29, 0.717) is 12.1 Å². The molecule has 0 bridgehead atoms. The molecule has 10 heteroatoms. The van der Waals surface area contributed by atoms with E-state index in [1.165, 1.54) is 16.7 Å². The average Bonchev–Trinajstić information content (AvgIpc) is 3.03. The number of likely N-dealkylation sites (tertiary alicyclic amines) is 1. The number of nitrogens with one attached hydrogen (secondary N) is 4. The van der Waals surface area contributed by atoms with Gasteiger partial charge in [0.15, 0.2) is 0 Å². The number of hydrogen-bond donors (Lipinski definition) is 4.